The van der Waals surface area contributed by atoms with Gasteiger partial charge in [0, 0.05) is 22.8 Å². The summed E-state index contributed by atoms with van der Waals surface area (Å²) in [5.41, 5.74) is 2.23. The third-order valence-electron chi connectivity index (χ3n) is 2.88. The second kappa shape index (κ2) is 6.52. The van der Waals surface area contributed by atoms with E-state index in [-0.39, 0.29) is 5.91 Å². The molecule has 0 radical (unpaired) electrons. The standard InChI is InChI=1S/C15H16BrN3O/c1-3-11-8-10(9-14(17-2)18-11)15(20)19-13-7-5-4-6-12(13)16/h4-9H,3H2,1-2H3,(H,17,18)(H,19,20). The lowest BCUT2D eigenvalue weighted by Crippen LogP contribution is -2.13. The number of para-hydroxylation sites is 1. The highest BCUT2D eigenvalue weighted by Gasteiger charge is 2.10. The lowest BCUT2D eigenvalue weighted by molar-refractivity contribution is 0.102. The van der Waals surface area contributed by atoms with Crippen LogP contribution < -0.4 is 10.6 Å². The van der Waals surface area contributed by atoms with Gasteiger partial charge < -0.3 is 10.6 Å². The van der Waals surface area contributed by atoms with Crippen molar-refractivity contribution in [2.75, 3.05) is 17.7 Å². The number of aryl methyl sites for hydroxylation is 1. The molecule has 0 aliphatic carbocycles. The molecule has 0 bridgehead atoms. The van der Waals surface area contributed by atoms with Crippen molar-refractivity contribution in [1.82, 2.24) is 4.98 Å². The van der Waals surface area contributed by atoms with Gasteiger partial charge in [-0.15, -0.1) is 0 Å². The summed E-state index contributed by atoms with van der Waals surface area (Å²) >= 11 is 3.41. The molecule has 0 fully saturated rings. The molecule has 1 heterocycles. The van der Waals surface area contributed by atoms with Crippen LogP contribution in [0.25, 0.3) is 0 Å². The number of pyridine rings is 1. The normalized spacial score (nSPS) is 10.2. The fraction of sp³-hybridized carbons (Fsp3) is 0.200. The minimum absolute atomic E-state index is 0.148. The number of nitrogens with one attached hydrogen (secondary N) is 2. The molecule has 0 aliphatic rings. The summed E-state index contributed by atoms with van der Waals surface area (Å²) in [6, 6.07) is 11.1. The molecule has 0 atom stereocenters. The topological polar surface area (TPSA) is 54.0 Å². The first-order chi connectivity index (χ1) is 9.63. The van der Waals surface area contributed by atoms with E-state index < -0.39 is 0 Å². The van der Waals surface area contributed by atoms with Crippen LogP contribution in [0.4, 0.5) is 11.5 Å². The van der Waals surface area contributed by atoms with E-state index in [4.69, 9.17) is 0 Å². The Morgan fingerprint density at radius 3 is 2.70 bits per heavy atom. The maximum atomic E-state index is 12.3. The van der Waals surface area contributed by atoms with E-state index >= 15 is 0 Å². The molecule has 20 heavy (non-hydrogen) atoms. The molecule has 0 unspecified atom stereocenters. The number of carbonyl (C=O) groups is 1. The largest absolute Gasteiger partial charge is 0.373 e. The molecule has 0 aliphatic heterocycles. The minimum atomic E-state index is -0.148. The monoisotopic (exact) mass is 333 g/mol. The molecule has 1 aromatic carbocycles. The second-order valence-electron chi connectivity index (χ2n) is 4.27. The van der Waals surface area contributed by atoms with E-state index in [1.54, 1.807) is 13.1 Å². The van der Waals surface area contributed by atoms with Crippen LogP contribution in [0.2, 0.25) is 0 Å². The maximum absolute atomic E-state index is 12.3. The average Bonchev–Trinajstić information content (AvgIpc) is 2.48. The molecule has 1 aromatic heterocycles. The highest BCUT2D eigenvalue weighted by atomic mass is 79.9. The maximum Gasteiger partial charge on any atom is 0.255 e. The quantitative estimate of drug-likeness (QED) is 0.896. The first kappa shape index (κ1) is 14.5. The highest BCUT2D eigenvalue weighted by molar-refractivity contribution is 9.10. The molecular formula is C15H16BrN3O. The van der Waals surface area contributed by atoms with Crippen LogP contribution in [0.3, 0.4) is 0 Å². The molecule has 2 N–H and O–H groups in total. The number of benzene rings is 1. The molecule has 0 spiro atoms. The third kappa shape index (κ3) is 3.36. The molecule has 4 nitrogen and oxygen atoms in total. The van der Waals surface area contributed by atoms with Gasteiger partial charge in [0.05, 0.1) is 5.69 Å². The number of nitrogens with zero attached hydrogens (tertiary/aromatic N) is 1. The Hall–Kier alpha value is -1.88. The van der Waals surface area contributed by atoms with Gasteiger partial charge in [-0.1, -0.05) is 19.1 Å². The van der Waals surface area contributed by atoms with Gasteiger partial charge in [0.25, 0.3) is 5.91 Å². The summed E-state index contributed by atoms with van der Waals surface area (Å²) < 4.78 is 0.854. The molecule has 5 heteroatoms. The van der Waals surface area contributed by atoms with Crippen molar-refractivity contribution >= 4 is 33.3 Å². The van der Waals surface area contributed by atoms with E-state index in [9.17, 15) is 4.79 Å². The van der Waals surface area contributed by atoms with Crippen molar-refractivity contribution in [3.8, 4) is 0 Å². The van der Waals surface area contributed by atoms with Crippen LogP contribution in [0, 0.1) is 0 Å². The molecule has 0 saturated carbocycles. The van der Waals surface area contributed by atoms with Crippen molar-refractivity contribution in [2.45, 2.75) is 13.3 Å². The number of hydrogen-bond donors (Lipinski definition) is 2. The lowest BCUT2D eigenvalue weighted by Gasteiger charge is -2.09. The number of amides is 1. The first-order valence-corrected chi connectivity index (χ1v) is 7.18. The van der Waals surface area contributed by atoms with Gasteiger partial charge in [-0.2, -0.15) is 0 Å². The summed E-state index contributed by atoms with van der Waals surface area (Å²) in [6.45, 7) is 2.01. The Morgan fingerprint density at radius 2 is 2.05 bits per heavy atom. The van der Waals surface area contributed by atoms with Crippen molar-refractivity contribution in [1.29, 1.82) is 0 Å². The second-order valence-corrected chi connectivity index (χ2v) is 5.12. The fourth-order valence-electron chi connectivity index (χ4n) is 1.79. The number of aromatic nitrogens is 1. The number of hydrogen-bond acceptors (Lipinski definition) is 3. The Kier molecular flexibility index (Phi) is 4.74. The predicted molar refractivity (Wildman–Crippen MR) is 85.3 cm³/mol. The third-order valence-corrected chi connectivity index (χ3v) is 3.57. The SMILES string of the molecule is CCc1cc(C(=O)Nc2ccccc2Br)cc(NC)n1. The summed E-state index contributed by atoms with van der Waals surface area (Å²) in [6.07, 6.45) is 0.783. The highest BCUT2D eigenvalue weighted by Crippen LogP contribution is 2.22. The van der Waals surface area contributed by atoms with Crippen molar-refractivity contribution in [3.63, 3.8) is 0 Å². The van der Waals surface area contributed by atoms with E-state index in [0.717, 1.165) is 22.3 Å². The number of anilines is 2. The molecule has 1 amide bonds. The van der Waals surface area contributed by atoms with Crippen LogP contribution in [0.15, 0.2) is 40.9 Å². The summed E-state index contributed by atoms with van der Waals surface area (Å²) in [5, 5.41) is 5.86. The van der Waals surface area contributed by atoms with Crippen molar-refractivity contribution in [2.24, 2.45) is 0 Å². The zero-order valence-electron chi connectivity index (χ0n) is 11.4. The van der Waals surface area contributed by atoms with E-state index in [1.807, 2.05) is 37.3 Å². The Bertz CT molecular complexity index is 606. The summed E-state index contributed by atoms with van der Waals surface area (Å²) in [4.78, 5) is 16.7. The van der Waals surface area contributed by atoms with Crippen LogP contribution in [0.5, 0.6) is 0 Å². The van der Waals surface area contributed by atoms with Crippen LogP contribution >= 0.6 is 15.9 Å². The van der Waals surface area contributed by atoms with Gasteiger partial charge in [0.2, 0.25) is 0 Å². The van der Waals surface area contributed by atoms with Crippen LogP contribution in [-0.2, 0) is 6.42 Å². The fourth-order valence-corrected chi connectivity index (χ4v) is 2.17. The average molecular weight is 334 g/mol. The van der Waals surface area contributed by atoms with Gasteiger partial charge in [0.15, 0.2) is 0 Å². The molecule has 0 saturated heterocycles. The zero-order valence-corrected chi connectivity index (χ0v) is 13.0. The first-order valence-electron chi connectivity index (χ1n) is 6.38. The summed E-state index contributed by atoms with van der Waals surface area (Å²) in [7, 11) is 1.79. The van der Waals surface area contributed by atoms with E-state index in [0.29, 0.717) is 11.4 Å². The zero-order chi connectivity index (χ0) is 14.5. The van der Waals surface area contributed by atoms with Gasteiger partial charge in [-0.3, -0.25) is 4.79 Å². The van der Waals surface area contributed by atoms with Crippen molar-refractivity contribution < 1.29 is 4.79 Å². The Balaban J connectivity index is 2.27. The summed E-state index contributed by atoms with van der Waals surface area (Å²) in [5.74, 6) is 0.548. The molecule has 2 aromatic rings. The van der Waals surface area contributed by atoms with Gasteiger partial charge in [-0.05, 0) is 46.6 Å². The Morgan fingerprint density at radius 1 is 1.30 bits per heavy atom. The number of rotatable bonds is 4. The van der Waals surface area contributed by atoms with Crippen LogP contribution in [0.1, 0.15) is 23.0 Å². The van der Waals surface area contributed by atoms with Gasteiger partial charge >= 0.3 is 0 Å². The minimum Gasteiger partial charge on any atom is -0.373 e. The number of halogens is 1. The smallest absolute Gasteiger partial charge is 0.255 e. The van der Waals surface area contributed by atoms with Gasteiger partial charge in [-0.25, -0.2) is 4.98 Å². The predicted octanol–water partition coefficient (Wildman–Crippen LogP) is 3.70. The Labute approximate surface area is 126 Å². The lowest BCUT2D eigenvalue weighted by atomic mass is 10.1. The van der Waals surface area contributed by atoms with Crippen molar-refractivity contribution in [3.05, 3.63) is 52.1 Å². The van der Waals surface area contributed by atoms with E-state index in [1.165, 1.54) is 0 Å². The van der Waals surface area contributed by atoms with E-state index in [2.05, 4.69) is 31.5 Å². The molecular weight excluding hydrogens is 318 g/mol. The van der Waals surface area contributed by atoms with Gasteiger partial charge in [0.1, 0.15) is 5.82 Å². The number of carbonyl (C=O) groups excluding carboxylic acids is 1. The van der Waals surface area contributed by atoms with Crippen LogP contribution in [-0.4, -0.2) is 17.9 Å². The molecule has 2 rings (SSSR count). The molecule has 104 valence electrons.